The molecule has 0 radical (unpaired) electrons. The standard InChI is InChI=1S/C5H5N5O.ClH/c6-3-2-4(8-1-7-2)10-5(11)9-3;/h1H,(H4,6,7,8,9,10,11);1H. The van der Waals surface area contributed by atoms with Gasteiger partial charge in [0.15, 0.2) is 5.65 Å². The first-order valence-electron chi connectivity index (χ1n) is 2.96. The topological polar surface area (TPSA) is 100 Å². The first kappa shape index (κ1) is 8.54. The molecule has 0 unspecified atom stereocenters. The lowest BCUT2D eigenvalue weighted by Crippen LogP contribution is -2.12. The minimum Gasteiger partial charge on any atom is -0.383 e. The number of aromatic amines is 2. The van der Waals surface area contributed by atoms with Gasteiger partial charge in [0.25, 0.3) is 0 Å². The van der Waals surface area contributed by atoms with Gasteiger partial charge in [0.2, 0.25) is 0 Å². The van der Waals surface area contributed by atoms with Crippen molar-refractivity contribution < 1.29 is 0 Å². The summed E-state index contributed by atoms with van der Waals surface area (Å²) < 4.78 is 0. The van der Waals surface area contributed by atoms with Gasteiger partial charge in [0.05, 0.1) is 6.33 Å². The molecule has 2 aromatic rings. The van der Waals surface area contributed by atoms with Crippen molar-refractivity contribution >= 4 is 29.4 Å². The van der Waals surface area contributed by atoms with Crippen LogP contribution < -0.4 is 11.4 Å². The lowest BCUT2D eigenvalue weighted by Gasteiger charge is -1.90. The number of nitrogens with zero attached hydrogens (tertiary/aromatic N) is 2. The zero-order valence-corrected chi connectivity index (χ0v) is 6.68. The van der Waals surface area contributed by atoms with Crippen LogP contribution in [-0.4, -0.2) is 19.9 Å². The summed E-state index contributed by atoms with van der Waals surface area (Å²) in [6, 6.07) is 0. The molecule has 12 heavy (non-hydrogen) atoms. The number of imidazole rings is 1. The molecule has 64 valence electrons. The Morgan fingerprint density at radius 2 is 2.25 bits per heavy atom. The van der Waals surface area contributed by atoms with E-state index in [9.17, 15) is 4.79 Å². The summed E-state index contributed by atoms with van der Waals surface area (Å²) in [6.45, 7) is 0. The SMILES string of the molecule is Cl.Nc1[nH]c(=O)nc2nc[nH]c12. The number of nitrogen functional groups attached to an aromatic ring is 1. The van der Waals surface area contributed by atoms with E-state index in [4.69, 9.17) is 5.73 Å². The molecule has 0 bridgehead atoms. The normalized spacial score (nSPS) is 9.67. The summed E-state index contributed by atoms with van der Waals surface area (Å²) in [5.74, 6) is 0.262. The van der Waals surface area contributed by atoms with Crippen LogP contribution in [0.4, 0.5) is 5.82 Å². The van der Waals surface area contributed by atoms with Gasteiger partial charge in [0, 0.05) is 0 Å². The summed E-state index contributed by atoms with van der Waals surface area (Å²) >= 11 is 0. The number of aromatic nitrogens is 4. The first-order chi connectivity index (χ1) is 5.27. The summed E-state index contributed by atoms with van der Waals surface area (Å²) in [5.41, 5.74) is 5.85. The summed E-state index contributed by atoms with van der Waals surface area (Å²) in [4.78, 5) is 23.1. The number of halogens is 1. The highest BCUT2D eigenvalue weighted by Crippen LogP contribution is 2.07. The van der Waals surface area contributed by atoms with Crippen LogP contribution in [0.5, 0.6) is 0 Å². The minimum atomic E-state index is -0.484. The predicted molar refractivity (Wildman–Crippen MR) is 46.2 cm³/mol. The van der Waals surface area contributed by atoms with Gasteiger partial charge in [-0.2, -0.15) is 4.98 Å². The van der Waals surface area contributed by atoms with Gasteiger partial charge in [-0.05, 0) is 0 Å². The predicted octanol–water partition coefficient (Wildman–Crippen LogP) is -0.350. The number of anilines is 1. The Balaban J connectivity index is 0.000000720. The largest absolute Gasteiger partial charge is 0.383 e. The Hall–Kier alpha value is -1.56. The van der Waals surface area contributed by atoms with Crippen molar-refractivity contribution in [2.45, 2.75) is 0 Å². The number of fused-ring (bicyclic) bond motifs is 1. The Morgan fingerprint density at radius 3 is 3.00 bits per heavy atom. The molecule has 0 aromatic carbocycles. The first-order valence-corrected chi connectivity index (χ1v) is 2.96. The van der Waals surface area contributed by atoms with E-state index in [1.807, 2.05) is 0 Å². The van der Waals surface area contributed by atoms with Gasteiger partial charge in [-0.3, -0.25) is 4.98 Å². The molecule has 0 fully saturated rings. The average Bonchev–Trinajstić information content (AvgIpc) is 2.34. The number of hydrogen-bond donors (Lipinski definition) is 3. The quantitative estimate of drug-likeness (QED) is 0.525. The van der Waals surface area contributed by atoms with Gasteiger partial charge >= 0.3 is 5.69 Å². The smallest absolute Gasteiger partial charge is 0.348 e. The molecule has 0 spiro atoms. The van der Waals surface area contributed by atoms with Crippen LogP contribution in [0.25, 0.3) is 11.2 Å². The fraction of sp³-hybridized carbons (Fsp3) is 0. The third-order valence-corrected chi connectivity index (χ3v) is 1.34. The van der Waals surface area contributed by atoms with Crippen LogP contribution in [0, 0.1) is 0 Å². The molecular weight excluding hydrogens is 182 g/mol. The maximum atomic E-state index is 10.7. The number of rotatable bonds is 0. The maximum Gasteiger partial charge on any atom is 0.348 e. The van der Waals surface area contributed by atoms with Gasteiger partial charge in [0.1, 0.15) is 11.3 Å². The molecule has 0 atom stereocenters. The molecule has 6 nitrogen and oxygen atoms in total. The maximum absolute atomic E-state index is 10.7. The number of hydrogen-bond acceptors (Lipinski definition) is 4. The second-order valence-electron chi connectivity index (χ2n) is 2.06. The van der Waals surface area contributed by atoms with Gasteiger partial charge < -0.3 is 10.7 Å². The van der Waals surface area contributed by atoms with E-state index in [2.05, 4.69) is 19.9 Å². The Labute approximate surface area is 72.6 Å². The van der Waals surface area contributed by atoms with E-state index in [0.29, 0.717) is 11.2 Å². The number of nitrogens with one attached hydrogen (secondary N) is 2. The van der Waals surface area contributed by atoms with Crippen LogP contribution in [0.3, 0.4) is 0 Å². The fourth-order valence-corrected chi connectivity index (χ4v) is 0.872. The van der Waals surface area contributed by atoms with Gasteiger partial charge in [-0.15, -0.1) is 12.4 Å². The van der Waals surface area contributed by atoms with E-state index < -0.39 is 5.69 Å². The minimum absolute atomic E-state index is 0. The second kappa shape index (κ2) is 2.82. The summed E-state index contributed by atoms with van der Waals surface area (Å²) in [5, 5.41) is 0. The third kappa shape index (κ3) is 1.12. The van der Waals surface area contributed by atoms with Crippen LogP contribution >= 0.6 is 12.4 Å². The number of nitrogens with two attached hydrogens (primary N) is 1. The van der Waals surface area contributed by atoms with Crippen molar-refractivity contribution in [2.24, 2.45) is 0 Å². The van der Waals surface area contributed by atoms with E-state index in [1.54, 1.807) is 0 Å². The Bertz CT molecular complexity index is 446. The van der Waals surface area contributed by atoms with Crippen molar-refractivity contribution in [1.82, 2.24) is 19.9 Å². The monoisotopic (exact) mass is 187 g/mol. The zero-order valence-electron chi connectivity index (χ0n) is 5.87. The van der Waals surface area contributed by atoms with E-state index >= 15 is 0 Å². The zero-order chi connectivity index (χ0) is 7.84. The molecule has 4 N–H and O–H groups in total. The van der Waals surface area contributed by atoms with Crippen LogP contribution in [0.15, 0.2) is 11.1 Å². The molecule has 2 rings (SSSR count). The number of H-pyrrole nitrogens is 2. The van der Waals surface area contributed by atoms with Gasteiger partial charge in [-0.1, -0.05) is 0 Å². The van der Waals surface area contributed by atoms with Crippen LogP contribution in [-0.2, 0) is 0 Å². The van der Waals surface area contributed by atoms with Gasteiger partial charge in [-0.25, -0.2) is 9.78 Å². The third-order valence-electron chi connectivity index (χ3n) is 1.34. The summed E-state index contributed by atoms with van der Waals surface area (Å²) in [7, 11) is 0. The average molecular weight is 188 g/mol. The molecule has 0 aliphatic heterocycles. The molecule has 0 aliphatic carbocycles. The molecule has 0 saturated heterocycles. The van der Waals surface area contributed by atoms with Crippen molar-refractivity contribution in [3.63, 3.8) is 0 Å². The van der Waals surface area contributed by atoms with Crippen LogP contribution in [0.1, 0.15) is 0 Å². The van der Waals surface area contributed by atoms with E-state index in [-0.39, 0.29) is 18.2 Å². The van der Waals surface area contributed by atoms with Crippen molar-refractivity contribution in [1.29, 1.82) is 0 Å². The highest BCUT2D eigenvalue weighted by atomic mass is 35.5. The lowest BCUT2D eigenvalue weighted by atomic mass is 10.5. The second-order valence-corrected chi connectivity index (χ2v) is 2.06. The Kier molecular flexibility index (Phi) is 2.01. The molecule has 0 amide bonds. The molecule has 2 heterocycles. The molecule has 2 aromatic heterocycles. The Morgan fingerprint density at radius 1 is 1.50 bits per heavy atom. The van der Waals surface area contributed by atoms with Crippen LogP contribution in [0.2, 0.25) is 0 Å². The fourth-order valence-electron chi connectivity index (χ4n) is 0.872. The lowest BCUT2D eigenvalue weighted by molar-refractivity contribution is 1.11. The van der Waals surface area contributed by atoms with E-state index in [0.717, 1.165) is 0 Å². The molecule has 7 heteroatoms. The molecular formula is C5H6ClN5O. The highest BCUT2D eigenvalue weighted by Gasteiger charge is 2.01. The highest BCUT2D eigenvalue weighted by molar-refractivity contribution is 5.85. The van der Waals surface area contributed by atoms with Crippen molar-refractivity contribution in [3.05, 3.63) is 16.8 Å². The van der Waals surface area contributed by atoms with Crippen molar-refractivity contribution in [3.8, 4) is 0 Å². The van der Waals surface area contributed by atoms with E-state index in [1.165, 1.54) is 6.33 Å². The summed E-state index contributed by atoms with van der Waals surface area (Å²) in [6.07, 6.45) is 1.43. The molecule has 0 aliphatic rings. The molecule has 0 saturated carbocycles. The van der Waals surface area contributed by atoms with Crippen molar-refractivity contribution in [2.75, 3.05) is 5.73 Å².